The van der Waals surface area contributed by atoms with Crippen LogP contribution in [0.1, 0.15) is 13.3 Å². The molecule has 10 heavy (non-hydrogen) atoms. The van der Waals surface area contributed by atoms with Gasteiger partial charge in [-0.2, -0.15) is 5.26 Å². The van der Waals surface area contributed by atoms with Gasteiger partial charge in [0.15, 0.2) is 0 Å². The van der Waals surface area contributed by atoms with Crippen LogP contribution >= 0.6 is 0 Å². The van der Waals surface area contributed by atoms with Gasteiger partial charge in [-0.1, -0.05) is 36.5 Å². The average molecular weight is 133 g/mol. The first-order valence-electron chi connectivity index (χ1n) is 3.14. The molecular weight excluding hydrogens is 122 g/mol. The summed E-state index contributed by atoms with van der Waals surface area (Å²) >= 11 is 0. The number of rotatable bonds is 3. The van der Waals surface area contributed by atoms with Crippen LogP contribution in [0.3, 0.4) is 0 Å². The van der Waals surface area contributed by atoms with Crippen molar-refractivity contribution >= 4 is 0 Å². The molecule has 0 saturated heterocycles. The molecule has 52 valence electrons. The van der Waals surface area contributed by atoms with E-state index < -0.39 is 0 Å². The highest BCUT2D eigenvalue weighted by atomic mass is 14.2. The molecule has 0 radical (unpaired) electrons. The van der Waals surface area contributed by atoms with E-state index in [2.05, 4.69) is 6.58 Å². The first kappa shape index (κ1) is 8.71. The Morgan fingerprint density at radius 2 is 2.40 bits per heavy atom. The van der Waals surface area contributed by atoms with Gasteiger partial charge in [-0.25, -0.2) is 0 Å². The number of nitrogens with zero attached hydrogens (tertiary/aromatic N) is 1. The summed E-state index contributed by atoms with van der Waals surface area (Å²) in [6, 6.07) is 2.03. The van der Waals surface area contributed by atoms with Gasteiger partial charge < -0.3 is 0 Å². The second kappa shape index (κ2) is 5.84. The van der Waals surface area contributed by atoms with Crippen LogP contribution in [-0.2, 0) is 0 Å². The van der Waals surface area contributed by atoms with Crippen molar-refractivity contribution in [3.05, 3.63) is 36.5 Å². The molecule has 0 aromatic heterocycles. The molecule has 0 N–H and O–H groups in total. The Kier molecular flexibility index (Phi) is 5.09. The third-order valence-electron chi connectivity index (χ3n) is 0.971. The standard InChI is InChI=1S/C9H11N/c1-3-6-9(2)7-4-5-8-10/h3-4,6-7H,1,5H2,2H3/b7-4-,9-6-. The van der Waals surface area contributed by atoms with Gasteiger partial charge in [-0.3, -0.25) is 0 Å². The highest BCUT2D eigenvalue weighted by Crippen LogP contribution is 1.95. The van der Waals surface area contributed by atoms with E-state index in [0.717, 1.165) is 5.57 Å². The van der Waals surface area contributed by atoms with Gasteiger partial charge in [0.2, 0.25) is 0 Å². The topological polar surface area (TPSA) is 23.8 Å². The van der Waals surface area contributed by atoms with E-state index >= 15 is 0 Å². The van der Waals surface area contributed by atoms with Crippen molar-refractivity contribution < 1.29 is 0 Å². The third kappa shape index (κ3) is 4.86. The fraction of sp³-hybridized carbons (Fsp3) is 0.222. The number of hydrogen-bond acceptors (Lipinski definition) is 1. The SMILES string of the molecule is C=C/C=C(C)\C=C/CC#N. The van der Waals surface area contributed by atoms with Crippen molar-refractivity contribution in [2.45, 2.75) is 13.3 Å². The number of hydrogen-bond donors (Lipinski definition) is 0. The zero-order valence-corrected chi connectivity index (χ0v) is 6.17. The molecule has 0 aliphatic heterocycles. The minimum absolute atomic E-state index is 0.475. The minimum Gasteiger partial charge on any atom is -0.198 e. The lowest BCUT2D eigenvalue weighted by molar-refractivity contribution is 1.34. The summed E-state index contributed by atoms with van der Waals surface area (Å²) in [5.41, 5.74) is 1.12. The van der Waals surface area contributed by atoms with E-state index in [4.69, 9.17) is 5.26 Å². The Hall–Kier alpha value is -1.29. The summed E-state index contributed by atoms with van der Waals surface area (Å²) in [4.78, 5) is 0. The predicted molar refractivity (Wildman–Crippen MR) is 43.3 cm³/mol. The Morgan fingerprint density at radius 3 is 2.90 bits per heavy atom. The molecule has 0 spiro atoms. The van der Waals surface area contributed by atoms with E-state index in [1.54, 1.807) is 6.08 Å². The quantitative estimate of drug-likeness (QED) is 0.543. The summed E-state index contributed by atoms with van der Waals surface area (Å²) in [5.74, 6) is 0. The molecule has 0 fully saturated rings. The van der Waals surface area contributed by atoms with Crippen LogP contribution in [0.25, 0.3) is 0 Å². The second-order valence-corrected chi connectivity index (χ2v) is 1.91. The first-order valence-corrected chi connectivity index (χ1v) is 3.14. The van der Waals surface area contributed by atoms with Gasteiger partial charge in [-0.05, 0) is 6.92 Å². The maximum absolute atomic E-state index is 8.17. The molecule has 0 aliphatic rings. The van der Waals surface area contributed by atoms with E-state index in [1.165, 1.54) is 0 Å². The van der Waals surface area contributed by atoms with Crippen molar-refractivity contribution in [1.82, 2.24) is 0 Å². The maximum Gasteiger partial charge on any atom is 0.0663 e. The van der Waals surface area contributed by atoms with Crippen LogP contribution < -0.4 is 0 Å². The lowest BCUT2D eigenvalue weighted by atomic mass is 10.2. The molecule has 1 nitrogen and oxygen atoms in total. The van der Waals surface area contributed by atoms with Crippen LogP contribution in [0.15, 0.2) is 36.5 Å². The molecular formula is C9H11N. The Balaban J connectivity index is 3.79. The van der Waals surface area contributed by atoms with Gasteiger partial charge in [0.25, 0.3) is 0 Å². The summed E-state index contributed by atoms with van der Waals surface area (Å²) in [7, 11) is 0. The second-order valence-electron chi connectivity index (χ2n) is 1.91. The van der Waals surface area contributed by atoms with Crippen molar-refractivity contribution in [3.63, 3.8) is 0 Å². The molecule has 0 aromatic carbocycles. The molecule has 0 atom stereocenters. The van der Waals surface area contributed by atoms with Gasteiger partial charge in [0, 0.05) is 0 Å². The highest BCUT2D eigenvalue weighted by molar-refractivity contribution is 5.20. The Bertz CT molecular complexity index is 191. The van der Waals surface area contributed by atoms with Crippen LogP contribution in [0.4, 0.5) is 0 Å². The van der Waals surface area contributed by atoms with Crippen LogP contribution in [-0.4, -0.2) is 0 Å². The van der Waals surface area contributed by atoms with Gasteiger partial charge >= 0.3 is 0 Å². The molecule has 0 unspecified atom stereocenters. The van der Waals surface area contributed by atoms with Gasteiger partial charge in [0.05, 0.1) is 12.5 Å². The monoisotopic (exact) mass is 133 g/mol. The normalized spacial score (nSPS) is 11.4. The highest BCUT2D eigenvalue weighted by Gasteiger charge is 1.76. The lowest BCUT2D eigenvalue weighted by Gasteiger charge is -1.84. The molecule has 0 heterocycles. The maximum atomic E-state index is 8.17. The Morgan fingerprint density at radius 1 is 1.70 bits per heavy atom. The zero-order chi connectivity index (χ0) is 7.82. The number of allylic oxidation sites excluding steroid dienone is 5. The van der Waals surface area contributed by atoms with Crippen LogP contribution in [0.5, 0.6) is 0 Å². The molecule has 0 amide bonds. The fourth-order valence-corrected chi connectivity index (χ4v) is 0.539. The lowest BCUT2D eigenvalue weighted by Crippen LogP contribution is -1.65. The summed E-state index contributed by atoms with van der Waals surface area (Å²) in [6.07, 6.45) is 7.84. The van der Waals surface area contributed by atoms with E-state index in [-0.39, 0.29) is 0 Å². The molecule has 1 heteroatoms. The minimum atomic E-state index is 0.475. The molecule has 0 rings (SSSR count). The van der Waals surface area contributed by atoms with Gasteiger partial charge in [-0.15, -0.1) is 0 Å². The van der Waals surface area contributed by atoms with Crippen molar-refractivity contribution in [2.24, 2.45) is 0 Å². The number of nitriles is 1. The van der Waals surface area contributed by atoms with Crippen LogP contribution in [0.2, 0.25) is 0 Å². The van der Waals surface area contributed by atoms with Crippen LogP contribution in [0, 0.1) is 11.3 Å². The fourth-order valence-electron chi connectivity index (χ4n) is 0.539. The third-order valence-corrected chi connectivity index (χ3v) is 0.971. The van der Waals surface area contributed by atoms with E-state index in [1.807, 2.05) is 31.2 Å². The van der Waals surface area contributed by atoms with Crippen molar-refractivity contribution in [2.75, 3.05) is 0 Å². The Labute approximate surface area is 62.0 Å². The predicted octanol–water partition coefficient (Wildman–Crippen LogP) is 2.59. The molecule has 0 aliphatic carbocycles. The van der Waals surface area contributed by atoms with E-state index in [9.17, 15) is 0 Å². The van der Waals surface area contributed by atoms with Crippen molar-refractivity contribution in [3.8, 4) is 6.07 Å². The average Bonchev–Trinajstić information content (AvgIpc) is 1.89. The summed E-state index contributed by atoms with van der Waals surface area (Å²) < 4.78 is 0. The van der Waals surface area contributed by atoms with Gasteiger partial charge in [0.1, 0.15) is 0 Å². The summed E-state index contributed by atoms with van der Waals surface area (Å²) in [6.45, 7) is 5.52. The van der Waals surface area contributed by atoms with E-state index in [0.29, 0.717) is 6.42 Å². The largest absolute Gasteiger partial charge is 0.198 e. The molecule has 0 saturated carbocycles. The first-order chi connectivity index (χ1) is 4.81. The summed E-state index contributed by atoms with van der Waals surface area (Å²) in [5, 5.41) is 8.17. The molecule has 0 aromatic rings. The van der Waals surface area contributed by atoms with Crippen molar-refractivity contribution in [1.29, 1.82) is 5.26 Å². The molecule has 0 bridgehead atoms. The smallest absolute Gasteiger partial charge is 0.0663 e. The zero-order valence-electron chi connectivity index (χ0n) is 6.17.